The van der Waals surface area contributed by atoms with Crippen molar-refractivity contribution in [3.63, 3.8) is 0 Å². The van der Waals surface area contributed by atoms with Crippen LogP contribution in [-0.4, -0.2) is 42.5 Å². The van der Waals surface area contributed by atoms with Crippen molar-refractivity contribution >= 4 is 23.5 Å². The lowest BCUT2D eigenvalue weighted by Crippen LogP contribution is -2.42. The van der Waals surface area contributed by atoms with Crippen LogP contribution in [0.2, 0.25) is 0 Å². The molecule has 2 amide bonds. The SMILES string of the molecule is CC(C(N)=O)N1Cc2ccc(-c3ccnc(Nc4ccnn4C)c3)nc2C1=O. The molecule has 0 bridgehead atoms. The highest BCUT2D eigenvalue weighted by Crippen LogP contribution is 2.27. The van der Waals surface area contributed by atoms with Gasteiger partial charge in [0.05, 0.1) is 11.9 Å². The minimum absolute atomic E-state index is 0.287. The van der Waals surface area contributed by atoms with E-state index < -0.39 is 11.9 Å². The van der Waals surface area contributed by atoms with Crippen molar-refractivity contribution in [1.82, 2.24) is 24.6 Å². The summed E-state index contributed by atoms with van der Waals surface area (Å²) in [6.07, 6.45) is 3.37. The lowest BCUT2D eigenvalue weighted by Gasteiger charge is -2.20. The van der Waals surface area contributed by atoms with Gasteiger partial charge in [-0.1, -0.05) is 6.07 Å². The number of hydrogen-bond donors (Lipinski definition) is 2. The molecule has 1 unspecified atom stereocenters. The molecule has 142 valence electrons. The molecule has 0 radical (unpaired) electrons. The molecule has 4 heterocycles. The summed E-state index contributed by atoms with van der Waals surface area (Å²) >= 11 is 0. The molecule has 0 aliphatic carbocycles. The van der Waals surface area contributed by atoms with E-state index in [4.69, 9.17) is 5.73 Å². The maximum atomic E-state index is 12.7. The second-order valence-electron chi connectivity index (χ2n) is 6.61. The Bertz CT molecular complexity index is 1080. The number of hydrogen-bond acceptors (Lipinski definition) is 6. The van der Waals surface area contributed by atoms with Crippen LogP contribution < -0.4 is 11.1 Å². The standard InChI is InChI=1S/C19H19N7O2/c1-11(18(20)27)26-10-13-3-4-14(23-17(13)19(26)28)12-5-7-21-15(9-12)24-16-6-8-22-25(16)2/h3-9,11H,10H2,1-2H3,(H2,20,27)(H,21,24). The Morgan fingerprint density at radius 3 is 2.79 bits per heavy atom. The first-order valence-corrected chi connectivity index (χ1v) is 8.75. The van der Waals surface area contributed by atoms with Gasteiger partial charge < -0.3 is 16.0 Å². The monoisotopic (exact) mass is 377 g/mol. The van der Waals surface area contributed by atoms with Gasteiger partial charge >= 0.3 is 0 Å². The quantitative estimate of drug-likeness (QED) is 0.695. The molecule has 0 saturated heterocycles. The third-order valence-electron chi connectivity index (χ3n) is 4.79. The fourth-order valence-electron chi connectivity index (χ4n) is 3.11. The largest absolute Gasteiger partial charge is 0.368 e. The zero-order chi connectivity index (χ0) is 19.8. The molecular formula is C19H19N7O2. The maximum absolute atomic E-state index is 12.7. The van der Waals surface area contributed by atoms with Gasteiger partial charge in [0.2, 0.25) is 5.91 Å². The highest BCUT2D eigenvalue weighted by atomic mass is 16.2. The molecule has 0 aromatic carbocycles. The molecule has 3 aromatic rings. The van der Waals surface area contributed by atoms with E-state index in [2.05, 4.69) is 20.4 Å². The van der Waals surface area contributed by atoms with E-state index in [1.54, 1.807) is 24.0 Å². The number of carbonyl (C=O) groups is 2. The lowest BCUT2D eigenvalue weighted by molar-refractivity contribution is -0.122. The number of nitrogens with two attached hydrogens (primary N) is 1. The van der Waals surface area contributed by atoms with E-state index in [0.29, 0.717) is 23.8 Å². The average molecular weight is 377 g/mol. The summed E-state index contributed by atoms with van der Waals surface area (Å²) in [4.78, 5) is 34.4. The van der Waals surface area contributed by atoms with E-state index in [-0.39, 0.29) is 5.91 Å². The molecule has 1 atom stereocenters. The van der Waals surface area contributed by atoms with Crippen molar-refractivity contribution in [2.75, 3.05) is 5.32 Å². The molecule has 3 aromatic heterocycles. The number of nitrogens with one attached hydrogen (secondary N) is 1. The average Bonchev–Trinajstić information content (AvgIpc) is 3.24. The van der Waals surface area contributed by atoms with Gasteiger partial charge in [0.25, 0.3) is 5.91 Å². The first-order valence-electron chi connectivity index (χ1n) is 8.75. The number of rotatable bonds is 5. The van der Waals surface area contributed by atoms with Crippen LogP contribution in [-0.2, 0) is 18.4 Å². The van der Waals surface area contributed by atoms with Crippen molar-refractivity contribution < 1.29 is 9.59 Å². The van der Waals surface area contributed by atoms with Crippen LogP contribution in [0, 0.1) is 0 Å². The molecular weight excluding hydrogens is 358 g/mol. The van der Waals surface area contributed by atoms with Gasteiger partial charge in [-0.15, -0.1) is 0 Å². The molecule has 9 heteroatoms. The summed E-state index contributed by atoms with van der Waals surface area (Å²) in [5.41, 5.74) is 7.94. The summed E-state index contributed by atoms with van der Waals surface area (Å²) in [6, 6.07) is 8.55. The van der Waals surface area contributed by atoms with Crippen LogP contribution >= 0.6 is 0 Å². The van der Waals surface area contributed by atoms with Gasteiger partial charge in [-0.25, -0.2) is 9.97 Å². The number of aryl methyl sites for hydroxylation is 1. The Balaban J connectivity index is 1.62. The van der Waals surface area contributed by atoms with Gasteiger partial charge in [0.15, 0.2) is 0 Å². The first-order chi connectivity index (χ1) is 13.4. The molecule has 0 saturated carbocycles. The topological polar surface area (TPSA) is 119 Å². The number of nitrogens with zero attached hydrogens (tertiary/aromatic N) is 5. The van der Waals surface area contributed by atoms with E-state index in [1.807, 2.05) is 37.4 Å². The number of primary amides is 1. The summed E-state index contributed by atoms with van der Waals surface area (Å²) in [5.74, 6) is 0.614. The first kappa shape index (κ1) is 17.7. The minimum Gasteiger partial charge on any atom is -0.368 e. The Labute approximate surface area is 161 Å². The molecule has 1 aliphatic heterocycles. The Hall–Kier alpha value is -3.75. The van der Waals surface area contributed by atoms with Crippen LogP contribution in [0.15, 0.2) is 42.7 Å². The fourth-order valence-corrected chi connectivity index (χ4v) is 3.11. The zero-order valence-corrected chi connectivity index (χ0v) is 15.5. The van der Waals surface area contributed by atoms with Gasteiger partial charge in [-0.3, -0.25) is 14.3 Å². The fraction of sp³-hybridized carbons (Fsp3) is 0.211. The molecule has 9 nitrogen and oxygen atoms in total. The maximum Gasteiger partial charge on any atom is 0.273 e. The van der Waals surface area contributed by atoms with Crippen LogP contribution in [0.5, 0.6) is 0 Å². The smallest absolute Gasteiger partial charge is 0.273 e. The Kier molecular flexibility index (Phi) is 4.26. The number of aromatic nitrogens is 4. The van der Waals surface area contributed by atoms with Gasteiger partial charge in [0.1, 0.15) is 23.4 Å². The highest BCUT2D eigenvalue weighted by Gasteiger charge is 2.34. The third kappa shape index (κ3) is 3.07. The third-order valence-corrected chi connectivity index (χ3v) is 4.79. The Morgan fingerprint density at radius 1 is 1.25 bits per heavy atom. The number of anilines is 2. The van der Waals surface area contributed by atoms with E-state index in [9.17, 15) is 9.59 Å². The van der Waals surface area contributed by atoms with E-state index >= 15 is 0 Å². The number of fused-ring (bicyclic) bond motifs is 1. The highest BCUT2D eigenvalue weighted by molar-refractivity contribution is 5.99. The molecule has 0 fully saturated rings. The zero-order valence-electron chi connectivity index (χ0n) is 15.5. The van der Waals surface area contributed by atoms with Crippen LogP contribution in [0.4, 0.5) is 11.6 Å². The molecule has 4 rings (SSSR count). The number of carbonyl (C=O) groups excluding carboxylic acids is 2. The van der Waals surface area contributed by atoms with Crippen molar-refractivity contribution in [3.8, 4) is 11.3 Å². The molecule has 0 spiro atoms. The Morgan fingerprint density at radius 2 is 2.07 bits per heavy atom. The number of amides is 2. The van der Waals surface area contributed by atoms with Crippen molar-refractivity contribution in [1.29, 1.82) is 0 Å². The normalized spacial score (nSPS) is 14.1. The molecule has 28 heavy (non-hydrogen) atoms. The minimum atomic E-state index is -0.680. The van der Waals surface area contributed by atoms with E-state index in [1.165, 1.54) is 4.90 Å². The second kappa shape index (κ2) is 6.76. The summed E-state index contributed by atoms with van der Waals surface area (Å²) < 4.78 is 1.70. The summed E-state index contributed by atoms with van der Waals surface area (Å²) in [5, 5.41) is 7.31. The van der Waals surface area contributed by atoms with Crippen LogP contribution in [0.1, 0.15) is 23.0 Å². The lowest BCUT2D eigenvalue weighted by atomic mass is 10.1. The predicted octanol–water partition coefficient (Wildman–Crippen LogP) is 1.45. The van der Waals surface area contributed by atoms with Crippen molar-refractivity contribution in [2.45, 2.75) is 19.5 Å². The second-order valence-corrected chi connectivity index (χ2v) is 6.61. The van der Waals surface area contributed by atoms with Crippen molar-refractivity contribution in [2.24, 2.45) is 12.8 Å². The van der Waals surface area contributed by atoms with Crippen LogP contribution in [0.25, 0.3) is 11.3 Å². The predicted molar refractivity (Wildman–Crippen MR) is 102 cm³/mol. The van der Waals surface area contributed by atoms with Gasteiger partial charge in [-0.2, -0.15) is 5.10 Å². The molecule has 1 aliphatic rings. The molecule has 3 N–H and O–H groups in total. The van der Waals surface area contributed by atoms with Crippen LogP contribution in [0.3, 0.4) is 0 Å². The van der Waals surface area contributed by atoms with Crippen molar-refractivity contribution in [3.05, 3.63) is 54.0 Å². The van der Waals surface area contributed by atoms with E-state index in [0.717, 1.165) is 16.9 Å². The number of pyridine rings is 2. The summed E-state index contributed by atoms with van der Waals surface area (Å²) in [7, 11) is 1.83. The van der Waals surface area contributed by atoms with Gasteiger partial charge in [-0.05, 0) is 25.1 Å². The summed E-state index contributed by atoms with van der Waals surface area (Å²) in [6.45, 7) is 1.95. The van der Waals surface area contributed by atoms with Gasteiger partial charge in [0, 0.05) is 37.0 Å².